The van der Waals surface area contributed by atoms with Crippen molar-refractivity contribution >= 4 is 16.9 Å². The lowest BCUT2D eigenvalue weighted by Crippen LogP contribution is -2.35. The van der Waals surface area contributed by atoms with Crippen LogP contribution in [0.3, 0.4) is 0 Å². The first kappa shape index (κ1) is 18.2. The maximum Gasteiger partial charge on any atom is 0.321 e. The van der Waals surface area contributed by atoms with Crippen LogP contribution in [0.5, 0.6) is 0 Å². The van der Waals surface area contributed by atoms with Crippen LogP contribution in [0.4, 0.5) is 0 Å². The van der Waals surface area contributed by atoms with E-state index >= 15 is 0 Å². The van der Waals surface area contributed by atoms with Crippen molar-refractivity contribution in [2.45, 2.75) is 12.5 Å². The van der Waals surface area contributed by atoms with Gasteiger partial charge in [-0.15, -0.1) is 0 Å². The van der Waals surface area contributed by atoms with Crippen molar-refractivity contribution in [2.75, 3.05) is 27.2 Å². The average molecular weight is 378 g/mol. The van der Waals surface area contributed by atoms with Crippen molar-refractivity contribution < 1.29 is 4.79 Å². The number of aromatic amines is 1. The molecule has 1 aliphatic heterocycles. The number of aromatic nitrogens is 2. The molecule has 28 heavy (non-hydrogen) atoms. The number of carbonyl (C=O) groups excluding carboxylic acids is 1. The number of rotatable bonds is 3. The molecule has 1 amide bonds. The van der Waals surface area contributed by atoms with Gasteiger partial charge >= 0.3 is 11.1 Å². The van der Waals surface area contributed by atoms with Gasteiger partial charge in [-0.2, -0.15) is 0 Å². The SMILES string of the molecule is CN(C)C1CCN(C(=O)c2ccc(-n3c(=O)c(=O)[nH]c4ccccc43)cc2)C1. The molecule has 4 rings (SSSR count). The second kappa shape index (κ2) is 7.09. The normalized spacial score (nSPS) is 16.8. The highest BCUT2D eigenvalue weighted by Gasteiger charge is 2.28. The summed E-state index contributed by atoms with van der Waals surface area (Å²) in [7, 11) is 4.05. The summed E-state index contributed by atoms with van der Waals surface area (Å²) in [5, 5.41) is 0. The Morgan fingerprint density at radius 1 is 1.07 bits per heavy atom. The molecule has 1 fully saturated rings. The lowest BCUT2D eigenvalue weighted by Gasteiger charge is -2.20. The summed E-state index contributed by atoms with van der Waals surface area (Å²) in [5.74, 6) is -0.0148. The topological polar surface area (TPSA) is 78.4 Å². The number of amides is 1. The van der Waals surface area contributed by atoms with Gasteiger partial charge in [0.1, 0.15) is 0 Å². The van der Waals surface area contributed by atoms with Crippen LogP contribution in [0.1, 0.15) is 16.8 Å². The molecule has 7 nitrogen and oxygen atoms in total. The van der Waals surface area contributed by atoms with Crippen molar-refractivity contribution in [3.63, 3.8) is 0 Å². The summed E-state index contributed by atoms with van der Waals surface area (Å²) in [6.45, 7) is 1.45. The van der Waals surface area contributed by atoms with E-state index in [4.69, 9.17) is 0 Å². The molecule has 0 aliphatic carbocycles. The number of likely N-dealkylation sites (N-methyl/N-ethyl adjacent to an activating group) is 1. The average Bonchev–Trinajstić information content (AvgIpc) is 3.19. The molecule has 1 atom stereocenters. The van der Waals surface area contributed by atoms with Crippen molar-refractivity contribution in [3.8, 4) is 5.69 Å². The van der Waals surface area contributed by atoms with E-state index in [-0.39, 0.29) is 5.91 Å². The molecule has 2 aromatic carbocycles. The Morgan fingerprint density at radius 3 is 2.46 bits per heavy atom. The number of hydrogen-bond acceptors (Lipinski definition) is 4. The highest BCUT2D eigenvalue weighted by atomic mass is 16.2. The molecule has 1 aliphatic rings. The highest BCUT2D eigenvalue weighted by Crippen LogP contribution is 2.18. The Labute approximate surface area is 161 Å². The van der Waals surface area contributed by atoms with Crippen molar-refractivity contribution in [2.24, 2.45) is 0 Å². The first-order valence-electron chi connectivity index (χ1n) is 9.26. The number of hydrogen-bond donors (Lipinski definition) is 1. The number of H-pyrrole nitrogens is 1. The summed E-state index contributed by atoms with van der Waals surface area (Å²) in [6, 6.07) is 14.3. The van der Waals surface area contributed by atoms with E-state index in [1.54, 1.807) is 42.5 Å². The predicted octanol–water partition coefficient (Wildman–Crippen LogP) is 1.46. The van der Waals surface area contributed by atoms with Gasteiger partial charge in [0.25, 0.3) is 5.91 Å². The first-order valence-corrected chi connectivity index (χ1v) is 9.26. The minimum Gasteiger partial charge on any atom is -0.337 e. The van der Waals surface area contributed by atoms with E-state index in [0.29, 0.717) is 34.9 Å². The third kappa shape index (κ3) is 3.14. The minimum atomic E-state index is -0.675. The third-order valence-electron chi connectivity index (χ3n) is 5.34. The van der Waals surface area contributed by atoms with E-state index in [1.807, 2.05) is 25.1 Å². The first-order chi connectivity index (χ1) is 13.5. The highest BCUT2D eigenvalue weighted by molar-refractivity contribution is 5.94. The van der Waals surface area contributed by atoms with Crippen LogP contribution in [-0.4, -0.2) is 58.5 Å². The number of nitrogens with one attached hydrogen (secondary N) is 1. The van der Waals surface area contributed by atoms with E-state index in [2.05, 4.69) is 9.88 Å². The van der Waals surface area contributed by atoms with Gasteiger partial charge in [-0.25, -0.2) is 0 Å². The third-order valence-corrected chi connectivity index (χ3v) is 5.34. The van der Waals surface area contributed by atoms with Crippen molar-refractivity contribution in [3.05, 3.63) is 74.8 Å². The fraction of sp³-hybridized carbons (Fsp3) is 0.286. The predicted molar refractivity (Wildman–Crippen MR) is 108 cm³/mol. The van der Waals surface area contributed by atoms with Crippen LogP contribution in [0, 0.1) is 0 Å². The molecule has 144 valence electrons. The summed E-state index contributed by atoms with van der Waals surface area (Å²) in [5.41, 5.74) is 0.997. The van der Waals surface area contributed by atoms with Gasteiger partial charge in [-0.05, 0) is 56.9 Å². The van der Waals surface area contributed by atoms with Gasteiger partial charge in [-0.1, -0.05) is 12.1 Å². The van der Waals surface area contributed by atoms with E-state index < -0.39 is 11.1 Å². The Morgan fingerprint density at radius 2 is 1.79 bits per heavy atom. The second-order valence-electron chi connectivity index (χ2n) is 7.32. The molecule has 0 saturated carbocycles. The Kier molecular flexibility index (Phi) is 4.60. The lowest BCUT2D eigenvalue weighted by atomic mass is 10.1. The Balaban J connectivity index is 1.67. The van der Waals surface area contributed by atoms with Crippen LogP contribution in [0.2, 0.25) is 0 Å². The van der Waals surface area contributed by atoms with E-state index in [0.717, 1.165) is 13.0 Å². The molecule has 1 N–H and O–H groups in total. The molecular formula is C21H22N4O3. The molecule has 0 bridgehead atoms. The van der Waals surface area contributed by atoms with E-state index in [1.165, 1.54) is 4.57 Å². The molecule has 0 spiro atoms. The van der Waals surface area contributed by atoms with Crippen LogP contribution in [-0.2, 0) is 0 Å². The molecular weight excluding hydrogens is 356 g/mol. The molecule has 1 aromatic heterocycles. The fourth-order valence-electron chi connectivity index (χ4n) is 3.70. The van der Waals surface area contributed by atoms with Gasteiger partial charge in [0.05, 0.1) is 11.0 Å². The summed E-state index contributed by atoms with van der Waals surface area (Å²) < 4.78 is 1.38. The van der Waals surface area contributed by atoms with E-state index in [9.17, 15) is 14.4 Å². The molecule has 1 unspecified atom stereocenters. The number of carbonyl (C=O) groups is 1. The van der Waals surface area contributed by atoms with Crippen LogP contribution >= 0.6 is 0 Å². The zero-order chi connectivity index (χ0) is 19.8. The number of para-hydroxylation sites is 2. The monoisotopic (exact) mass is 378 g/mol. The lowest BCUT2D eigenvalue weighted by molar-refractivity contribution is 0.0783. The smallest absolute Gasteiger partial charge is 0.321 e. The maximum atomic E-state index is 12.8. The maximum absolute atomic E-state index is 12.8. The van der Waals surface area contributed by atoms with Crippen molar-refractivity contribution in [1.29, 1.82) is 0 Å². The zero-order valence-electron chi connectivity index (χ0n) is 15.9. The van der Waals surface area contributed by atoms with Crippen LogP contribution < -0.4 is 11.1 Å². The van der Waals surface area contributed by atoms with Gasteiger partial charge in [0.15, 0.2) is 0 Å². The number of likely N-dealkylation sites (tertiary alicyclic amines) is 1. The minimum absolute atomic E-state index is 0.0148. The fourth-order valence-corrected chi connectivity index (χ4v) is 3.70. The molecule has 7 heteroatoms. The molecule has 1 saturated heterocycles. The van der Waals surface area contributed by atoms with Crippen molar-refractivity contribution in [1.82, 2.24) is 19.4 Å². The van der Waals surface area contributed by atoms with Gasteiger partial charge < -0.3 is 14.8 Å². The second-order valence-corrected chi connectivity index (χ2v) is 7.32. The molecule has 0 radical (unpaired) electrons. The number of benzene rings is 2. The molecule has 2 heterocycles. The van der Waals surface area contributed by atoms with Gasteiger partial charge in [0, 0.05) is 30.4 Å². The molecule has 3 aromatic rings. The van der Waals surface area contributed by atoms with Crippen LogP contribution in [0.25, 0.3) is 16.7 Å². The van der Waals surface area contributed by atoms with Crippen LogP contribution in [0.15, 0.2) is 58.1 Å². The Hall–Kier alpha value is -3.19. The number of nitrogens with zero attached hydrogens (tertiary/aromatic N) is 3. The van der Waals surface area contributed by atoms with Gasteiger partial charge in [0.2, 0.25) is 0 Å². The Bertz CT molecular complexity index is 1140. The largest absolute Gasteiger partial charge is 0.337 e. The number of fused-ring (bicyclic) bond motifs is 1. The summed E-state index contributed by atoms with van der Waals surface area (Å²) in [4.78, 5) is 43.8. The quantitative estimate of drug-likeness (QED) is 0.700. The van der Waals surface area contributed by atoms with Gasteiger partial charge in [-0.3, -0.25) is 19.0 Å². The summed E-state index contributed by atoms with van der Waals surface area (Å²) >= 11 is 0. The summed E-state index contributed by atoms with van der Waals surface area (Å²) in [6.07, 6.45) is 0.963. The standard InChI is InChI=1S/C21H22N4O3/c1-23(2)16-11-12-24(13-16)20(27)14-7-9-15(10-8-14)25-18-6-4-3-5-17(18)22-19(26)21(25)28/h3-10,16H,11-13H2,1-2H3,(H,22,26). The zero-order valence-corrected chi connectivity index (χ0v) is 15.9.